The van der Waals surface area contributed by atoms with Gasteiger partial charge in [0.1, 0.15) is 18.0 Å². The Morgan fingerprint density at radius 3 is 2.81 bits per heavy atom. The molecule has 3 rings (SSSR count). The second-order valence-electron chi connectivity index (χ2n) is 5.82. The van der Waals surface area contributed by atoms with Crippen LogP contribution in [0.3, 0.4) is 0 Å². The normalized spacial score (nSPS) is 23.1. The number of likely N-dealkylation sites (tertiary alicyclic amines) is 1. The summed E-state index contributed by atoms with van der Waals surface area (Å²) in [4.78, 5) is 13.1. The number of benzene rings is 1. The third kappa shape index (κ3) is 3.67. The Hall–Kier alpha value is -1.75. The van der Waals surface area contributed by atoms with E-state index in [1.807, 2.05) is 6.07 Å². The molecule has 1 unspecified atom stereocenters. The van der Waals surface area contributed by atoms with Gasteiger partial charge in [-0.1, -0.05) is 18.2 Å². The van der Waals surface area contributed by atoms with Gasteiger partial charge in [-0.25, -0.2) is 4.79 Å². The van der Waals surface area contributed by atoms with Crippen LogP contribution in [0.5, 0.6) is 5.75 Å². The summed E-state index contributed by atoms with van der Waals surface area (Å²) < 4.78 is 11.1. The zero-order valence-corrected chi connectivity index (χ0v) is 12.2. The Bertz CT molecular complexity index is 498. The molecule has 2 aliphatic heterocycles. The van der Waals surface area contributed by atoms with Crippen LogP contribution in [-0.2, 0) is 11.2 Å². The van der Waals surface area contributed by atoms with Crippen LogP contribution >= 0.6 is 0 Å². The number of hydrogen-bond donors (Lipinski definition) is 1. The van der Waals surface area contributed by atoms with E-state index in [1.54, 1.807) is 0 Å². The maximum atomic E-state index is 10.7. The van der Waals surface area contributed by atoms with Gasteiger partial charge in [-0.15, -0.1) is 0 Å². The average molecular weight is 290 g/mol. The SMILES string of the molecule is NC(=O)OC1CCN(CC2CCc3ccccc3O2)CC1. The highest BCUT2D eigenvalue weighted by Crippen LogP contribution is 2.27. The number of ether oxygens (including phenoxy) is 2. The van der Waals surface area contributed by atoms with Crippen molar-refractivity contribution < 1.29 is 14.3 Å². The van der Waals surface area contributed by atoms with Gasteiger partial charge >= 0.3 is 6.09 Å². The molecule has 0 bridgehead atoms. The summed E-state index contributed by atoms with van der Waals surface area (Å²) in [6.45, 7) is 2.80. The van der Waals surface area contributed by atoms with Gasteiger partial charge in [0.2, 0.25) is 0 Å². The van der Waals surface area contributed by atoms with Crippen molar-refractivity contribution in [3.63, 3.8) is 0 Å². The maximum Gasteiger partial charge on any atom is 0.404 e. The van der Waals surface area contributed by atoms with E-state index in [1.165, 1.54) is 5.56 Å². The number of carbonyl (C=O) groups is 1. The van der Waals surface area contributed by atoms with Crippen LogP contribution in [0.2, 0.25) is 0 Å². The summed E-state index contributed by atoms with van der Waals surface area (Å²) in [5.41, 5.74) is 6.37. The van der Waals surface area contributed by atoms with Gasteiger partial charge < -0.3 is 15.2 Å². The predicted molar refractivity (Wildman–Crippen MR) is 79.3 cm³/mol. The fourth-order valence-corrected chi connectivity index (χ4v) is 3.17. The van der Waals surface area contributed by atoms with E-state index >= 15 is 0 Å². The molecule has 0 aromatic heterocycles. The Morgan fingerprint density at radius 2 is 2.05 bits per heavy atom. The molecule has 1 amide bonds. The van der Waals surface area contributed by atoms with Crippen LogP contribution in [0.4, 0.5) is 4.79 Å². The minimum Gasteiger partial charge on any atom is -0.489 e. The summed E-state index contributed by atoms with van der Waals surface area (Å²) in [7, 11) is 0. The molecular weight excluding hydrogens is 268 g/mol. The van der Waals surface area contributed by atoms with Crippen LogP contribution in [0.1, 0.15) is 24.8 Å². The highest BCUT2D eigenvalue weighted by atomic mass is 16.6. The number of piperidine rings is 1. The van der Waals surface area contributed by atoms with Crippen LogP contribution in [0, 0.1) is 0 Å². The molecule has 2 N–H and O–H groups in total. The minimum atomic E-state index is -0.666. The molecule has 5 heteroatoms. The highest BCUT2D eigenvalue weighted by Gasteiger charge is 2.26. The molecule has 0 spiro atoms. The number of nitrogens with zero attached hydrogens (tertiary/aromatic N) is 1. The van der Waals surface area contributed by atoms with Gasteiger partial charge in [-0.2, -0.15) is 0 Å². The molecule has 1 saturated heterocycles. The fourth-order valence-electron chi connectivity index (χ4n) is 3.17. The van der Waals surface area contributed by atoms with E-state index in [9.17, 15) is 4.79 Å². The number of para-hydroxylation sites is 1. The summed E-state index contributed by atoms with van der Waals surface area (Å²) >= 11 is 0. The van der Waals surface area contributed by atoms with Crippen LogP contribution in [0.15, 0.2) is 24.3 Å². The maximum absolute atomic E-state index is 10.7. The third-order valence-electron chi connectivity index (χ3n) is 4.28. The number of fused-ring (bicyclic) bond motifs is 1. The van der Waals surface area contributed by atoms with Gasteiger partial charge in [-0.3, -0.25) is 4.90 Å². The monoisotopic (exact) mass is 290 g/mol. The summed E-state index contributed by atoms with van der Waals surface area (Å²) in [6.07, 6.45) is 3.43. The standard InChI is InChI=1S/C16H22N2O3/c17-16(19)21-13-7-9-18(10-8-13)11-14-6-5-12-3-1-2-4-15(12)20-14/h1-4,13-14H,5-11H2,(H2,17,19). The van der Waals surface area contributed by atoms with E-state index < -0.39 is 6.09 Å². The molecule has 21 heavy (non-hydrogen) atoms. The Labute approximate surface area is 125 Å². The van der Waals surface area contributed by atoms with Crippen molar-refractivity contribution in [2.75, 3.05) is 19.6 Å². The number of carbonyl (C=O) groups excluding carboxylic acids is 1. The number of aryl methyl sites for hydroxylation is 1. The fraction of sp³-hybridized carbons (Fsp3) is 0.562. The summed E-state index contributed by atoms with van der Waals surface area (Å²) in [5, 5.41) is 0. The molecule has 1 fully saturated rings. The number of rotatable bonds is 3. The van der Waals surface area contributed by atoms with Gasteiger partial charge in [-0.05, 0) is 37.3 Å². The van der Waals surface area contributed by atoms with Crippen molar-refractivity contribution in [2.45, 2.75) is 37.9 Å². The van der Waals surface area contributed by atoms with E-state index in [0.29, 0.717) is 0 Å². The number of primary amides is 1. The van der Waals surface area contributed by atoms with Crippen LogP contribution in [0.25, 0.3) is 0 Å². The smallest absolute Gasteiger partial charge is 0.404 e. The lowest BCUT2D eigenvalue weighted by Gasteiger charge is -2.35. The van der Waals surface area contributed by atoms with Gasteiger partial charge in [0, 0.05) is 19.6 Å². The average Bonchev–Trinajstić information content (AvgIpc) is 2.49. The second kappa shape index (κ2) is 6.35. The highest BCUT2D eigenvalue weighted by molar-refractivity contribution is 5.64. The van der Waals surface area contributed by atoms with Crippen molar-refractivity contribution in [1.29, 1.82) is 0 Å². The van der Waals surface area contributed by atoms with Gasteiger partial charge in [0.05, 0.1) is 0 Å². The van der Waals surface area contributed by atoms with E-state index in [-0.39, 0.29) is 12.2 Å². The first-order valence-corrected chi connectivity index (χ1v) is 7.64. The van der Waals surface area contributed by atoms with Crippen molar-refractivity contribution in [2.24, 2.45) is 5.73 Å². The first kappa shape index (κ1) is 14.2. The number of hydrogen-bond acceptors (Lipinski definition) is 4. The zero-order valence-electron chi connectivity index (χ0n) is 12.2. The molecule has 2 aliphatic rings. The number of amides is 1. The number of nitrogens with two attached hydrogens (primary N) is 1. The third-order valence-corrected chi connectivity index (χ3v) is 4.28. The molecular formula is C16H22N2O3. The first-order valence-electron chi connectivity index (χ1n) is 7.64. The molecule has 114 valence electrons. The van der Waals surface area contributed by atoms with E-state index in [0.717, 1.165) is 51.1 Å². The lowest BCUT2D eigenvalue weighted by molar-refractivity contribution is 0.0385. The van der Waals surface area contributed by atoms with Crippen molar-refractivity contribution >= 4 is 6.09 Å². The van der Waals surface area contributed by atoms with Gasteiger partial charge in [0.25, 0.3) is 0 Å². The van der Waals surface area contributed by atoms with Crippen LogP contribution < -0.4 is 10.5 Å². The largest absolute Gasteiger partial charge is 0.489 e. The molecule has 0 saturated carbocycles. The first-order chi connectivity index (χ1) is 10.2. The summed E-state index contributed by atoms with van der Waals surface area (Å²) in [6, 6.07) is 8.27. The molecule has 1 aromatic rings. The Balaban J connectivity index is 1.47. The molecule has 0 aliphatic carbocycles. The minimum absolute atomic E-state index is 0.0215. The van der Waals surface area contributed by atoms with Crippen molar-refractivity contribution in [3.8, 4) is 5.75 Å². The molecule has 5 nitrogen and oxygen atoms in total. The summed E-state index contributed by atoms with van der Waals surface area (Å²) in [5.74, 6) is 1.03. The second-order valence-corrected chi connectivity index (χ2v) is 5.82. The van der Waals surface area contributed by atoms with E-state index in [4.69, 9.17) is 15.2 Å². The van der Waals surface area contributed by atoms with Crippen molar-refractivity contribution in [3.05, 3.63) is 29.8 Å². The Kier molecular flexibility index (Phi) is 4.29. The molecule has 2 heterocycles. The topological polar surface area (TPSA) is 64.8 Å². The molecule has 1 aromatic carbocycles. The van der Waals surface area contributed by atoms with Crippen molar-refractivity contribution in [1.82, 2.24) is 4.90 Å². The predicted octanol–water partition coefficient (Wildman–Crippen LogP) is 1.94. The lowest BCUT2D eigenvalue weighted by Crippen LogP contribution is -2.44. The molecule has 1 atom stereocenters. The lowest BCUT2D eigenvalue weighted by atomic mass is 10.0. The van der Waals surface area contributed by atoms with Gasteiger partial charge in [0.15, 0.2) is 0 Å². The zero-order chi connectivity index (χ0) is 14.7. The van der Waals surface area contributed by atoms with Crippen LogP contribution in [-0.4, -0.2) is 42.8 Å². The molecule has 0 radical (unpaired) electrons. The van der Waals surface area contributed by atoms with E-state index in [2.05, 4.69) is 23.1 Å². The quantitative estimate of drug-likeness (QED) is 0.924. The Morgan fingerprint density at radius 1 is 1.29 bits per heavy atom.